The molecule has 0 aromatic heterocycles. The Balaban J connectivity index is 1.92. The standard InChI is InChI=1S/C9H11O3P/c1-8-7-10-13(11-8)12-9-5-3-2-4-6-9/h2-6,8H,7H2,1H3. The van der Waals surface area contributed by atoms with Gasteiger partial charge in [0.25, 0.3) is 0 Å². The summed E-state index contributed by atoms with van der Waals surface area (Å²) in [5.74, 6) is 0.794. The molecule has 2 unspecified atom stereocenters. The fourth-order valence-electron chi connectivity index (χ4n) is 0.989. The molecule has 2 atom stereocenters. The lowest BCUT2D eigenvalue weighted by Crippen LogP contribution is -2.00. The number of hydrogen-bond acceptors (Lipinski definition) is 3. The Morgan fingerprint density at radius 3 is 2.77 bits per heavy atom. The van der Waals surface area contributed by atoms with Crippen molar-refractivity contribution in [2.45, 2.75) is 13.0 Å². The summed E-state index contributed by atoms with van der Waals surface area (Å²) in [6, 6.07) is 9.56. The second-order valence-electron chi connectivity index (χ2n) is 2.84. The van der Waals surface area contributed by atoms with Crippen molar-refractivity contribution in [1.29, 1.82) is 0 Å². The van der Waals surface area contributed by atoms with Crippen LogP contribution in [-0.2, 0) is 9.05 Å². The normalized spacial score (nSPS) is 27.5. The van der Waals surface area contributed by atoms with Gasteiger partial charge in [0.15, 0.2) is 0 Å². The van der Waals surface area contributed by atoms with E-state index < -0.39 is 8.60 Å². The molecular formula is C9H11O3P. The summed E-state index contributed by atoms with van der Waals surface area (Å²) in [6.45, 7) is 2.59. The molecule has 0 N–H and O–H groups in total. The summed E-state index contributed by atoms with van der Waals surface area (Å²) >= 11 is 0. The van der Waals surface area contributed by atoms with Gasteiger partial charge < -0.3 is 4.52 Å². The van der Waals surface area contributed by atoms with Gasteiger partial charge in [-0.25, -0.2) is 0 Å². The van der Waals surface area contributed by atoms with E-state index in [2.05, 4.69) is 0 Å². The summed E-state index contributed by atoms with van der Waals surface area (Å²) in [5, 5.41) is 0. The predicted octanol–water partition coefficient (Wildman–Crippen LogP) is 2.73. The molecule has 1 heterocycles. The van der Waals surface area contributed by atoms with Crippen molar-refractivity contribution < 1.29 is 13.6 Å². The van der Waals surface area contributed by atoms with Crippen LogP contribution in [0.4, 0.5) is 0 Å². The lowest BCUT2D eigenvalue weighted by Gasteiger charge is -2.08. The van der Waals surface area contributed by atoms with Crippen molar-refractivity contribution in [3.8, 4) is 5.75 Å². The lowest BCUT2D eigenvalue weighted by atomic mass is 10.3. The Labute approximate surface area is 78.6 Å². The molecule has 1 aliphatic rings. The third-order valence-corrected chi connectivity index (χ3v) is 2.86. The van der Waals surface area contributed by atoms with Crippen molar-refractivity contribution in [2.75, 3.05) is 6.61 Å². The molecular weight excluding hydrogens is 187 g/mol. The van der Waals surface area contributed by atoms with Gasteiger partial charge in [-0.05, 0) is 19.1 Å². The van der Waals surface area contributed by atoms with E-state index >= 15 is 0 Å². The zero-order valence-corrected chi connectivity index (χ0v) is 8.24. The molecule has 2 rings (SSSR count). The molecule has 0 bridgehead atoms. The Kier molecular flexibility index (Phi) is 2.79. The molecule has 0 aliphatic carbocycles. The van der Waals surface area contributed by atoms with Gasteiger partial charge in [-0.2, -0.15) is 0 Å². The van der Waals surface area contributed by atoms with Gasteiger partial charge in [-0.3, -0.25) is 9.05 Å². The first kappa shape index (κ1) is 8.95. The Hall–Kier alpha value is -0.630. The van der Waals surface area contributed by atoms with E-state index in [1.165, 1.54) is 0 Å². The molecule has 1 aromatic rings. The van der Waals surface area contributed by atoms with E-state index in [-0.39, 0.29) is 6.10 Å². The summed E-state index contributed by atoms with van der Waals surface area (Å²) in [6.07, 6.45) is 0.148. The fourth-order valence-corrected chi connectivity index (χ4v) is 2.13. The third-order valence-electron chi connectivity index (χ3n) is 1.60. The molecule has 70 valence electrons. The van der Waals surface area contributed by atoms with Gasteiger partial charge in [-0.1, -0.05) is 18.2 Å². The Morgan fingerprint density at radius 1 is 1.38 bits per heavy atom. The van der Waals surface area contributed by atoms with Crippen molar-refractivity contribution in [2.24, 2.45) is 0 Å². The average molecular weight is 198 g/mol. The third kappa shape index (κ3) is 2.41. The molecule has 0 spiro atoms. The first-order valence-electron chi connectivity index (χ1n) is 4.17. The molecule has 1 aromatic carbocycles. The quantitative estimate of drug-likeness (QED) is 0.684. The minimum atomic E-state index is -1.16. The Morgan fingerprint density at radius 2 is 2.15 bits per heavy atom. The maximum Gasteiger partial charge on any atom is 0.397 e. The van der Waals surface area contributed by atoms with Crippen LogP contribution < -0.4 is 4.52 Å². The van der Waals surface area contributed by atoms with Gasteiger partial charge in [0.05, 0.1) is 12.7 Å². The molecule has 0 radical (unpaired) electrons. The van der Waals surface area contributed by atoms with Gasteiger partial charge in [0.2, 0.25) is 0 Å². The number of benzene rings is 1. The van der Waals surface area contributed by atoms with Crippen molar-refractivity contribution in [3.05, 3.63) is 30.3 Å². The number of para-hydroxylation sites is 1. The molecule has 1 fully saturated rings. The van der Waals surface area contributed by atoms with E-state index in [1.807, 2.05) is 37.3 Å². The van der Waals surface area contributed by atoms with Crippen LogP contribution in [0.2, 0.25) is 0 Å². The first-order valence-corrected chi connectivity index (χ1v) is 5.27. The minimum Gasteiger partial charge on any atom is -0.427 e. The van der Waals surface area contributed by atoms with Crippen LogP contribution in [0.25, 0.3) is 0 Å². The lowest BCUT2D eigenvalue weighted by molar-refractivity contribution is 0.257. The van der Waals surface area contributed by atoms with Crippen LogP contribution in [-0.4, -0.2) is 12.7 Å². The summed E-state index contributed by atoms with van der Waals surface area (Å²) in [7, 11) is -1.16. The van der Waals surface area contributed by atoms with E-state index in [9.17, 15) is 0 Å². The number of hydrogen-bond donors (Lipinski definition) is 0. The van der Waals surface area contributed by atoms with Crippen LogP contribution >= 0.6 is 8.60 Å². The molecule has 13 heavy (non-hydrogen) atoms. The van der Waals surface area contributed by atoms with Gasteiger partial charge >= 0.3 is 8.60 Å². The van der Waals surface area contributed by atoms with Gasteiger partial charge in [0, 0.05) is 0 Å². The molecule has 1 aliphatic heterocycles. The topological polar surface area (TPSA) is 27.7 Å². The second-order valence-corrected chi connectivity index (χ2v) is 3.94. The minimum absolute atomic E-state index is 0.148. The highest BCUT2D eigenvalue weighted by molar-refractivity contribution is 7.42. The SMILES string of the molecule is CC1COP(Oc2ccccc2)O1. The van der Waals surface area contributed by atoms with Crippen LogP contribution in [0, 0.1) is 0 Å². The fraction of sp³-hybridized carbons (Fsp3) is 0.333. The van der Waals surface area contributed by atoms with E-state index in [4.69, 9.17) is 13.6 Å². The van der Waals surface area contributed by atoms with Crippen LogP contribution in [0.5, 0.6) is 5.75 Å². The zero-order valence-electron chi connectivity index (χ0n) is 7.34. The zero-order chi connectivity index (χ0) is 9.10. The van der Waals surface area contributed by atoms with E-state index in [1.54, 1.807) is 0 Å². The Bertz CT molecular complexity index is 265. The first-order chi connectivity index (χ1) is 6.34. The highest BCUT2D eigenvalue weighted by Gasteiger charge is 2.26. The summed E-state index contributed by atoms with van der Waals surface area (Å²) in [5.41, 5.74) is 0. The maximum absolute atomic E-state index is 5.47. The smallest absolute Gasteiger partial charge is 0.397 e. The van der Waals surface area contributed by atoms with Crippen molar-refractivity contribution in [1.82, 2.24) is 0 Å². The van der Waals surface area contributed by atoms with Gasteiger partial charge in [0.1, 0.15) is 5.75 Å². The number of rotatable bonds is 2. The largest absolute Gasteiger partial charge is 0.427 e. The summed E-state index contributed by atoms with van der Waals surface area (Å²) < 4.78 is 16.1. The molecule has 1 saturated heterocycles. The van der Waals surface area contributed by atoms with Crippen LogP contribution in [0.1, 0.15) is 6.92 Å². The summed E-state index contributed by atoms with van der Waals surface area (Å²) in [4.78, 5) is 0. The van der Waals surface area contributed by atoms with Crippen molar-refractivity contribution in [3.63, 3.8) is 0 Å². The highest BCUT2D eigenvalue weighted by atomic mass is 31.2. The van der Waals surface area contributed by atoms with Gasteiger partial charge in [-0.15, -0.1) is 0 Å². The van der Waals surface area contributed by atoms with Crippen LogP contribution in [0.15, 0.2) is 30.3 Å². The second kappa shape index (κ2) is 4.05. The van der Waals surface area contributed by atoms with E-state index in [0.29, 0.717) is 6.61 Å². The van der Waals surface area contributed by atoms with E-state index in [0.717, 1.165) is 5.75 Å². The molecule has 0 amide bonds. The monoisotopic (exact) mass is 198 g/mol. The molecule has 3 nitrogen and oxygen atoms in total. The molecule has 0 saturated carbocycles. The predicted molar refractivity (Wildman–Crippen MR) is 50.5 cm³/mol. The van der Waals surface area contributed by atoms with Crippen LogP contribution in [0.3, 0.4) is 0 Å². The average Bonchev–Trinajstić information content (AvgIpc) is 2.53. The highest BCUT2D eigenvalue weighted by Crippen LogP contribution is 2.46. The molecule has 4 heteroatoms. The maximum atomic E-state index is 5.47. The van der Waals surface area contributed by atoms with Crippen molar-refractivity contribution >= 4 is 8.60 Å².